The van der Waals surface area contributed by atoms with E-state index in [0.29, 0.717) is 12.1 Å². The number of fused-ring (bicyclic) bond motifs is 1. The fourth-order valence-corrected chi connectivity index (χ4v) is 3.17. The number of carboxylic acid groups (broad SMARTS) is 1. The molecule has 7 nitrogen and oxygen atoms in total. The number of benzene rings is 1. The molecule has 146 valence electrons. The molecular formula is C21H24N4O3. The number of rotatable bonds is 8. The van der Waals surface area contributed by atoms with Crippen molar-refractivity contribution >= 4 is 28.6 Å². The van der Waals surface area contributed by atoms with Gasteiger partial charge in [0, 0.05) is 43.4 Å². The van der Waals surface area contributed by atoms with Crippen molar-refractivity contribution in [3.05, 3.63) is 60.6 Å². The van der Waals surface area contributed by atoms with Gasteiger partial charge < -0.3 is 15.0 Å². The number of nitrogens with zero attached hydrogens (tertiary/aromatic N) is 3. The Morgan fingerprint density at radius 2 is 1.96 bits per heavy atom. The van der Waals surface area contributed by atoms with Crippen LogP contribution in [0.15, 0.2) is 55.0 Å². The Morgan fingerprint density at radius 3 is 2.71 bits per heavy atom. The van der Waals surface area contributed by atoms with Crippen LogP contribution in [0.5, 0.6) is 0 Å². The number of carboxylic acids is 1. The molecule has 0 saturated heterocycles. The number of para-hydroxylation sites is 1. The van der Waals surface area contributed by atoms with Crippen LogP contribution in [0.4, 0.5) is 10.5 Å². The van der Waals surface area contributed by atoms with E-state index in [0.717, 1.165) is 42.4 Å². The van der Waals surface area contributed by atoms with Crippen molar-refractivity contribution < 1.29 is 14.7 Å². The fourth-order valence-electron chi connectivity index (χ4n) is 3.17. The summed E-state index contributed by atoms with van der Waals surface area (Å²) >= 11 is 0. The van der Waals surface area contributed by atoms with Crippen LogP contribution in [0.1, 0.15) is 29.6 Å². The van der Waals surface area contributed by atoms with Crippen molar-refractivity contribution in [2.45, 2.75) is 25.8 Å². The van der Waals surface area contributed by atoms with E-state index < -0.39 is 5.97 Å². The van der Waals surface area contributed by atoms with E-state index in [1.807, 2.05) is 34.9 Å². The van der Waals surface area contributed by atoms with Crippen LogP contribution in [0.25, 0.3) is 10.9 Å². The normalized spacial score (nSPS) is 10.8. The number of carbonyl (C=O) groups is 2. The summed E-state index contributed by atoms with van der Waals surface area (Å²) in [7, 11) is 1.71. The minimum absolute atomic E-state index is 0.157. The van der Waals surface area contributed by atoms with Gasteiger partial charge in [-0.3, -0.25) is 9.88 Å². The highest BCUT2D eigenvalue weighted by Crippen LogP contribution is 2.22. The maximum absolute atomic E-state index is 12.1. The van der Waals surface area contributed by atoms with Gasteiger partial charge in [0.25, 0.3) is 0 Å². The lowest BCUT2D eigenvalue weighted by Crippen LogP contribution is -2.37. The highest BCUT2D eigenvalue weighted by atomic mass is 16.4. The van der Waals surface area contributed by atoms with Crippen LogP contribution in [0.2, 0.25) is 0 Å². The summed E-state index contributed by atoms with van der Waals surface area (Å²) in [5.74, 6) is -0.907. The predicted octanol–water partition coefficient (Wildman–Crippen LogP) is 3.75. The summed E-state index contributed by atoms with van der Waals surface area (Å²) in [5, 5.41) is 13.0. The molecule has 0 radical (unpaired) electrons. The van der Waals surface area contributed by atoms with Crippen molar-refractivity contribution in [2.24, 2.45) is 0 Å². The number of aryl methyl sites for hydroxylation is 1. The van der Waals surface area contributed by atoms with Gasteiger partial charge in [0.05, 0.1) is 17.4 Å². The molecule has 0 atom stereocenters. The zero-order valence-corrected chi connectivity index (χ0v) is 15.8. The highest BCUT2D eigenvalue weighted by Gasteiger charge is 2.13. The van der Waals surface area contributed by atoms with Crippen molar-refractivity contribution in [3.63, 3.8) is 0 Å². The molecule has 0 unspecified atom stereocenters. The Hall–Kier alpha value is -3.35. The molecular weight excluding hydrogens is 356 g/mol. The van der Waals surface area contributed by atoms with Crippen LogP contribution >= 0.6 is 0 Å². The van der Waals surface area contributed by atoms with Gasteiger partial charge in [-0.05, 0) is 37.5 Å². The molecule has 2 amide bonds. The number of anilines is 1. The minimum Gasteiger partial charge on any atom is -0.478 e. The summed E-state index contributed by atoms with van der Waals surface area (Å²) in [6.07, 6.45) is 7.72. The van der Waals surface area contributed by atoms with Crippen LogP contribution in [-0.2, 0) is 6.54 Å². The topological polar surface area (TPSA) is 87.5 Å². The van der Waals surface area contributed by atoms with Gasteiger partial charge in [-0.1, -0.05) is 18.2 Å². The zero-order valence-electron chi connectivity index (χ0n) is 15.8. The maximum Gasteiger partial charge on any atom is 0.337 e. The molecule has 1 aromatic carbocycles. The SMILES string of the molecule is CN(C(=O)NCCCCCn1cc(C(=O)O)c2ccccc21)c1cccnc1. The van der Waals surface area contributed by atoms with Crippen LogP contribution in [0, 0.1) is 0 Å². The maximum atomic E-state index is 12.1. The molecule has 3 rings (SSSR count). The zero-order chi connectivity index (χ0) is 19.9. The number of hydrogen-bond acceptors (Lipinski definition) is 3. The molecule has 2 aromatic heterocycles. The molecule has 0 aliphatic rings. The number of urea groups is 1. The van der Waals surface area contributed by atoms with Crippen molar-refractivity contribution in [2.75, 3.05) is 18.5 Å². The molecule has 2 heterocycles. The second kappa shape index (κ2) is 9.03. The van der Waals surface area contributed by atoms with Gasteiger partial charge in [0.2, 0.25) is 0 Å². The number of nitrogens with one attached hydrogen (secondary N) is 1. The molecule has 0 spiro atoms. The van der Waals surface area contributed by atoms with E-state index in [1.54, 1.807) is 31.7 Å². The van der Waals surface area contributed by atoms with Gasteiger partial charge in [0.15, 0.2) is 0 Å². The minimum atomic E-state index is -0.907. The third kappa shape index (κ3) is 4.49. The van der Waals surface area contributed by atoms with Crippen LogP contribution < -0.4 is 10.2 Å². The molecule has 0 fully saturated rings. The van der Waals surface area contributed by atoms with Gasteiger partial charge >= 0.3 is 12.0 Å². The number of aromatic carboxylic acids is 1. The lowest BCUT2D eigenvalue weighted by molar-refractivity contribution is 0.0698. The molecule has 0 bridgehead atoms. The van der Waals surface area contributed by atoms with Crippen molar-refractivity contribution in [1.82, 2.24) is 14.9 Å². The van der Waals surface area contributed by atoms with Crippen LogP contribution in [-0.4, -0.2) is 40.3 Å². The third-order valence-corrected chi connectivity index (χ3v) is 4.71. The van der Waals surface area contributed by atoms with Gasteiger partial charge in [-0.25, -0.2) is 9.59 Å². The lowest BCUT2D eigenvalue weighted by atomic mass is 10.2. The molecule has 3 aromatic rings. The Balaban J connectivity index is 1.44. The quantitative estimate of drug-likeness (QED) is 0.583. The molecule has 0 aliphatic heterocycles. The largest absolute Gasteiger partial charge is 0.478 e. The smallest absolute Gasteiger partial charge is 0.337 e. The standard InChI is InChI=1S/C21H24N4O3/c1-24(16-8-7-11-22-14-16)21(28)23-12-5-2-6-13-25-15-18(20(26)27)17-9-3-4-10-19(17)25/h3-4,7-11,14-15H,2,5-6,12-13H2,1H3,(H,23,28)(H,26,27). The summed E-state index contributed by atoms with van der Waals surface area (Å²) in [4.78, 5) is 29.1. The number of carbonyl (C=O) groups excluding carboxylic acids is 1. The lowest BCUT2D eigenvalue weighted by Gasteiger charge is -2.17. The van der Waals surface area contributed by atoms with E-state index in [1.165, 1.54) is 4.90 Å². The molecule has 28 heavy (non-hydrogen) atoms. The van der Waals surface area contributed by atoms with E-state index in [-0.39, 0.29) is 6.03 Å². The summed E-state index contributed by atoms with van der Waals surface area (Å²) in [5.41, 5.74) is 2.02. The fraction of sp³-hybridized carbons (Fsp3) is 0.286. The molecule has 0 saturated carbocycles. The van der Waals surface area contributed by atoms with Gasteiger partial charge in [-0.15, -0.1) is 0 Å². The van der Waals surface area contributed by atoms with Crippen molar-refractivity contribution in [3.8, 4) is 0 Å². The van der Waals surface area contributed by atoms with Crippen LogP contribution in [0.3, 0.4) is 0 Å². The number of unbranched alkanes of at least 4 members (excludes halogenated alkanes) is 2. The number of pyridine rings is 1. The van der Waals surface area contributed by atoms with E-state index in [4.69, 9.17) is 0 Å². The first-order valence-corrected chi connectivity index (χ1v) is 9.30. The summed E-state index contributed by atoms with van der Waals surface area (Å²) in [6.45, 7) is 1.34. The van der Waals surface area contributed by atoms with E-state index in [2.05, 4.69) is 10.3 Å². The Kier molecular flexibility index (Phi) is 6.26. The average molecular weight is 380 g/mol. The Morgan fingerprint density at radius 1 is 1.14 bits per heavy atom. The average Bonchev–Trinajstić information content (AvgIpc) is 3.09. The first-order chi connectivity index (χ1) is 13.6. The third-order valence-electron chi connectivity index (χ3n) is 4.71. The second-order valence-electron chi connectivity index (χ2n) is 6.62. The number of amides is 2. The molecule has 2 N–H and O–H groups in total. The first kappa shape index (κ1) is 19.4. The monoisotopic (exact) mass is 380 g/mol. The first-order valence-electron chi connectivity index (χ1n) is 9.30. The summed E-state index contributed by atoms with van der Waals surface area (Å²) in [6, 6.07) is 11.0. The van der Waals surface area contributed by atoms with Crippen molar-refractivity contribution in [1.29, 1.82) is 0 Å². The highest BCUT2D eigenvalue weighted by molar-refractivity contribution is 6.03. The predicted molar refractivity (Wildman–Crippen MR) is 109 cm³/mol. The molecule has 7 heteroatoms. The molecule has 0 aliphatic carbocycles. The number of hydrogen-bond donors (Lipinski definition) is 2. The van der Waals surface area contributed by atoms with E-state index >= 15 is 0 Å². The Labute approximate surface area is 163 Å². The Bertz CT molecular complexity index is 953. The number of aromatic nitrogens is 2. The summed E-state index contributed by atoms with van der Waals surface area (Å²) < 4.78 is 1.99. The second-order valence-corrected chi connectivity index (χ2v) is 6.62. The van der Waals surface area contributed by atoms with E-state index in [9.17, 15) is 14.7 Å². The van der Waals surface area contributed by atoms with Gasteiger partial charge in [0.1, 0.15) is 0 Å². The van der Waals surface area contributed by atoms with Gasteiger partial charge in [-0.2, -0.15) is 0 Å².